The van der Waals surface area contributed by atoms with Gasteiger partial charge in [-0.05, 0) is 23.8 Å². The molecule has 2 N–H and O–H groups in total. The van der Waals surface area contributed by atoms with Crippen LogP contribution in [-0.4, -0.2) is 60.9 Å². The second-order valence-electron chi connectivity index (χ2n) is 7.16. The number of carbonyl (C=O) groups is 2. The van der Waals surface area contributed by atoms with Crippen molar-refractivity contribution in [2.24, 2.45) is 0 Å². The quantitative estimate of drug-likeness (QED) is 0.826. The molecule has 0 spiro atoms. The van der Waals surface area contributed by atoms with Crippen LogP contribution in [0.15, 0.2) is 48.5 Å². The Bertz CT molecular complexity index is 938. The molecule has 152 valence electrons. The molecular weight excluding hydrogens is 377 g/mol. The van der Waals surface area contributed by atoms with E-state index in [0.717, 1.165) is 5.56 Å². The van der Waals surface area contributed by atoms with Gasteiger partial charge >= 0.3 is 6.03 Å². The summed E-state index contributed by atoms with van der Waals surface area (Å²) in [5.74, 6) is -0.832. The van der Waals surface area contributed by atoms with Crippen molar-refractivity contribution in [2.45, 2.75) is 18.0 Å². The lowest BCUT2D eigenvalue weighted by atomic mass is 9.72. The van der Waals surface area contributed by atoms with E-state index >= 15 is 0 Å². The van der Waals surface area contributed by atoms with E-state index < -0.39 is 11.8 Å². The van der Waals surface area contributed by atoms with Crippen molar-refractivity contribution >= 4 is 23.3 Å². The molecule has 0 saturated carbocycles. The fourth-order valence-electron chi connectivity index (χ4n) is 4.37. The number of anilines is 2. The summed E-state index contributed by atoms with van der Waals surface area (Å²) in [6.07, 6.45) is 0. The summed E-state index contributed by atoms with van der Waals surface area (Å²) in [6, 6.07) is 12.2. The molecule has 2 heterocycles. The van der Waals surface area contributed by atoms with Crippen LogP contribution < -0.4 is 10.2 Å². The molecule has 7 nitrogen and oxygen atoms in total. The summed E-state index contributed by atoms with van der Waals surface area (Å²) in [6.45, 7) is -0.0247. The number of halogens is 1. The van der Waals surface area contributed by atoms with Crippen LogP contribution in [0.1, 0.15) is 11.5 Å². The highest BCUT2D eigenvalue weighted by Gasteiger charge is 2.55. The van der Waals surface area contributed by atoms with Gasteiger partial charge in [0.1, 0.15) is 12.4 Å². The van der Waals surface area contributed by atoms with E-state index in [1.165, 1.54) is 24.1 Å². The summed E-state index contributed by atoms with van der Waals surface area (Å²) >= 11 is 0. The number of nitrogens with zero attached hydrogens (tertiary/aromatic N) is 2. The van der Waals surface area contributed by atoms with Gasteiger partial charge in [0.2, 0.25) is 5.91 Å². The maximum atomic E-state index is 14.0. The lowest BCUT2D eigenvalue weighted by Crippen LogP contribution is -2.71. The molecule has 0 aromatic heterocycles. The van der Waals surface area contributed by atoms with Gasteiger partial charge in [0.05, 0.1) is 24.4 Å². The number of hydrogen-bond acceptors (Lipinski definition) is 4. The molecule has 2 aliphatic rings. The minimum absolute atomic E-state index is 0.0745. The molecule has 8 heteroatoms. The molecule has 29 heavy (non-hydrogen) atoms. The van der Waals surface area contributed by atoms with Crippen LogP contribution in [0, 0.1) is 5.82 Å². The zero-order valence-corrected chi connectivity index (χ0v) is 15.9. The van der Waals surface area contributed by atoms with Gasteiger partial charge in [0.15, 0.2) is 0 Å². The maximum absolute atomic E-state index is 14.0. The first-order valence-electron chi connectivity index (χ1n) is 9.39. The number of carbonyl (C=O) groups excluding carboxylic acids is 2. The number of fused-ring (bicyclic) bond motifs is 3. The van der Waals surface area contributed by atoms with Gasteiger partial charge in [-0.25, -0.2) is 9.18 Å². The van der Waals surface area contributed by atoms with Gasteiger partial charge in [-0.15, -0.1) is 0 Å². The number of hydrogen-bond donors (Lipinski definition) is 2. The van der Waals surface area contributed by atoms with Gasteiger partial charge in [-0.2, -0.15) is 0 Å². The van der Waals surface area contributed by atoms with Crippen LogP contribution in [0.4, 0.5) is 20.6 Å². The number of ether oxygens (including phenoxy) is 1. The first kappa shape index (κ1) is 19.4. The van der Waals surface area contributed by atoms with E-state index in [0.29, 0.717) is 5.69 Å². The predicted molar refractivity (Wildman–Crippen MR) is 105 cm³/mol. The number of rotatable bonds is 4. The molecule has 0 radical (unpaired) electrons. The molecule has 3 amide bonds. The molecule has 2 aliphatic heterocycles. The van der Waals surface area contributed by atoms with Crippen molar-refractivity contribution in [1.29, 1.82) is 0 Å². The van der Waals surface area contributed by atoms with Crippen LogP contribution in [0.5, 0.6) is 0 Å². The largest absolute Gasteiger partial charge is 0.394 e. The van der Waals surface area contributed by atoms with Crippen molar-refractivity contribution < 1.29 is 23.8 Å². The van der Waals surface area contributed by atoms with Crippen molar-refractivity contribution in [3.63, 3.8) is 0 Å². The predicted octanol–water partition coefficient (Wildman–Crippen LogP) is 2.18. The summed E-state index contributed by atoms with van der Waals surface area (Å²) in [5, 5.41) is 12.5. The Labute approximate surface area is 167 Å². The van der Waals surface area contributed by atoms with E-state index in [4.69, 9.17) is 4.74 Å². The molecule has 0 bridgehead atoms. The summed E-state index contributed by atoms with van der Waals surface area (Å²) < 4.78 is 18.9. The average molecular weight is 399 g/mol. The number of urea groups is 1. The van der Waals surface area contributed by atoms with E-state index in [-0.39, 0.29) is 49.4 Å². The molecular formula is C21H22FN3O4. The number of nitrogens with one attached hydrogen (secondary N) is 1. The maximum Gasteiger partial charge on any atom is 0.326 e. The Kier molecular flexibility index (Phi) is 5.21. The van der Waals surface area contributed by atoms with E-state index in [2.05, 4.69) is 5.32 Å². The van der Waals surface area contributed by atoms with Gasteiger partial charge in [0, 0.05) is 25.3 Å². The minimum Gasteiger partial charge on any atom is -0.394 e. The number of para-hydroxylation sites is 2. The van der Waals surface area contributed by atoms with Crippen LogP contribution in [0.25, 0.3) is 0 Å². The molecule has 4 rings (SSSR count). The summed E-state index contributed by atoms with van der Waals surface area (Å²) in [4.78, 5) is 28.6. The van der Waals surface area contributed by atoms with Gasteiger partial charge in [-0.3, -0.25) is 9.69 Å². The topological polar surface area (TPSA) is 82.1 Å². The normalized spacial score (nSPS) is 22.4. The van der Waals surface area contributed by atoms with Gasteiger partial charge < -0.3 is 20.1 Å². The number of amides is 3. The van der Waals surface area contributed by atoms with E-state index in [1.54, 1.807) is 17.0 Å². The standard InChI is InChI=1S/C21H22FN3O4/c1-29-12-19(27)25-17-10-24(21(28)23-15-8-4-3-7-14(15)22)16-9-5-2-6-13(16)20(17)18(25)11-26/h2-9,17-18,20,26H,10-12H2,1H3,(H,23,28)/t17-,18-,20+/m0/s1. The van der Waals surface area contributed by atoms with Crippen LogP contribution in [0.2, 0.25) is 0 Å². The molecule has 2 aromatic carbocycles. The number of methoxy groups -OCH3 is 1. The Morgan fingerprint density at radius 1 is 1.21 bits per heavy atom. The Morgan fingerprint density at radius 3 is 2.66 bits per heavy atom. The molecule has 2 aromatic rings. The highest BCUT2D eigenvalue weighted by molar-refractivity contribution is 6.03. The van der Waals surface area contributed by atoms with E-state index in [1.807, 2.05) is 24.3 Å². The second kappa shape index (κ2) is 7.81. The van der Waals surface area contributed by atoms with E-state index in [9.17, 15) is 19.1 Å². The Balaban J connectivity index is 1.65. The molecule has 0 aliphatic carbocycles. The number of benzene rings is 2. The SMILES string of the molecule is COCC(=O)N1[C@@H](CO)[C@@H]2c3ccccc3N(C(=O)Nc3ccccc3F)C[C@@H]21. The van der Waals surface area contributed by atoms with Crippen molar-refractivity contribution in [3.8, 4) is 0 Å². The number of likely N-dealkylation sites (tertiary alicyclic amines) is 1. The molecule has 3 atom stereocenters. The summed E-state index contributed by atoms with van der Waals surface area (Å²) in [5.41, 5.74) is 1.67. The fraction of sp³-hybridized carbons (Fsp3) is 0.333. The lowest BCUT2D eigenvalue weighted by Gasteiger charge is -2.58. The first-order chi connectivity index (χ1) is 14.1. The third-order valence-electron chi connectivity index (χ3n) is 5.60. The molecule has 1 saturated heterocycles. The average Bonchev–Trinajstić information content (AvgIpc) is 2.70. The minimum atomic E-state index is -0.523. The Hall–Kier alpha value is -2.97. The molecule has 1 fully saturated rings. The zero-order valence-electron chi connectivity index (χ0n) is 15.9. The lowest BCUT2D eigenvalue weighted by molar-refractivity contribution is -0.154. The van der Waals surface area contributed by atoms with Crippen molar-refractivity contribution in [1.82, 2.24) is 4.90 Å². The van der Waals surface area contributed by atoms with Crippen molar-refractivity contribution in [2.75, 3.05) is 37.1 Å². The van der Waals surface area contributed by atoms with Crippen LogP contribution in [0.3, 0.4) is 0 Å². The Morgan fingerprint density at radius 2 is 1.93 bits per heavy atom. The van der Waals surface area contributed by atoms with Crippen LogP contribution >= 0.6 is 0 Å². The second-order valence-corrected chi connectivity index (χ2v) is 7.16. The molecule has 0 unspecified atom stereocenters. The number of aliphatic hydroxyl groups is 1. The van der Waals surface area contributed by atoms with Gasteiger partial charge in [0.25, 0.3) is 0 Å². The highest BCUT2D eigenvalue weighted by Crippen LogP contribution is 2.48. The van der Waals surface area contributed by atoms with Crippen LogP contribution in [-0.2, 0) is 9.53 Å². The smallest absolute Gasteiger partial charge is 0.326 e. The first-order valence-corrected chi connectivity index (χ1v) is 9.39. The number of aliphatic hydroxyl groups excluding tert-OH is 1. The van der Waals surface area contributed by atoms with Crippen molar-refractivity contribution in [3.05, 3.63) is 59.9 Å². The zero-order chi connectivity index (χ0) is 20.5. The summed E-state index contributed by atoms with van der Waals surface area (Å²) in [7, 11) is 1.44. The highest BCUT2D eigenvalue weighted by atomic mass is 19.1. The fourth-order valence-corrected chi connectivity index (χ4v) is 4.37. The monoisotopic (exact) mass is 399 g/mol. The van der Waals surface area contributed by atoms with Gasteiger partial charge in [-0.1, -0.05) is 30.3 Å². The third-order valence-corrected chi connectivity index (χ3v) is 5.60. The third kappa shape index (κ3) is 3.24.